The Balaban J connectivity index is 2.64. The molecule has 1 unspecified atom stereocenters. The molecule has 0 spiro atoms. The third-order valence-corrected chi connectivity index (χ3v) is 2.53. The van der Waals surface area contributed by atoms with Crippen molar-refractivity contribution in [2.75, 3.05) is 13.6 Å². The minimum atomic E-state index is -2.83. The van der Waals surface area contributed by atoms with E-state index in [4.69, 9.17) is 5.73 Å². The van der Waals surface area contributed by atoms with Gasteiger partial charge in [-0.2, -0.15) is 8.78 Å². The predicted octanol–water partition coefficient (Wildman–Crippen LogP) is 1.15. The van der Waals surface area contributed by atoms with Crippen molar-refractivity contribution in [1.29, 1.82) is 0 Å². The summed E-state index contributed by atoms with van der Waals surface area (Å²) in [5.41, 5.74) is 6.35. The molecule has 1 rings (SSSR count). The van der Waals surface area contributed by atoms with Crippen LogP contribution in [0.25, 0.3) is 0 Å². The number of nitrogens with one attached hydrogen (secondary N) is 1. The topological polar surface area (TPSA) is 64.4 Å². The van der Waals surface area contributed by atoms with Crippen LogP contribution in [0.2, 0.25) is 0 Å². The summed E-state index contributed by atoms with van der Waals surface area (Å²) in [7, 11) is 1.55. The minimum absolute atomic E-state index is 0.0954. The fourth-order valence-corrected chi connectivity index (χ4v) is 1.58. The van der Waals surface area contributed by atoms with Crippen LogP contribution in [-0.2, 0) is 11.2 Å². The second-order valence-electron chi connectivity index (χ2n) is 3.77. The highest BCUT2D eigenvalue weighted by Gasteiger charge is 2.15. The van der Waals surface area contributed by atoms with Gasteiger partial charge < -0.3 is 15.8 Å². The van der Waals surface area contributed by atoms with Crippen LogP contribution < -0.4 is 15.8 Å². The van der Waals surface area contributed by atoms with Crippen LogP contribution in [0.3, 0.4) is 0 Å². The molecule has 1 aromatic carbocycles. The van der Waals surface area contributed by atoms with E-state index in [1.807, 2.05) is 0 Å². The molecular weight excluding hydrogens is 242 g/mol. The van der Waals surface area contributed by atoms with Crippen molar-refractivity contribution in [2.24, 2.45) is 11.7 Å². The number of ether oxygens (including phenoxy) is 1. The van der Waals surface area contributed by atoms with Crippen molar-refractivity contribution in [3.05, 3.63) is 29.8 Å². The summed E-state index contributed by atoms with van der Waals surface area (Å²) in [5, 5.41) is 2.53. The fraction of sp³-hybridized carbons (Fsp3) is 0.417. The molecule has 6 heteroatoms. The highest BCUT2D eigenvalue weighted by Crippen LogP contribution is 2.17. The number of nitrogens with two attached hydrogens (primary N) is 1. The van der Waals surface area contributed by atoms with Gasteiger partial charge in [0, 0.05) is 13.6 Å². The van der Waals surface area contributed by atoms with Crippen LogP contribution in [-0.4, -0.2) is 26.1 Å². The highest BCUT2D eigenvalue weighted by molar-refractivity contribution is 5.78. The monoisotopic (exact) mass is 258 g/mol. The molecule has 1 amide bonds. The largest absolute Gasteiger partial charge is 0.435 e. The van der Waals surface area contributed by atoms with Gasteiger partial charge in [-0.05, 0) is 24.1 Å². The summed E-state index contributed by atoms with van der Waals surface area (Å²) in [6.45, 7) is -2.60. The third kappa shape index (κ3) is 4.29. The van der Waals surface area contributed by atoms with Crippen LogP contribution in [0.1, 0.15) is 5.56 Å². The van der Waals surface area contributed by atoms with E-state index in [0.29, 0.717) is 6.42 Å². The summed E-state index contributed by atoms with van der Waals surface area (Å²) in [4.78, 5) is 11.4. The Morgan fingerprint density at radius 3 is 2.44 bits per heavy atom. The molecule has 1 atom stereocenters. The number of carbonyl (C=O) groups is 1. The van der Waals surface area contributed by atoms with Crippen molar-refractivity contribution in [2.45, 2.75) is 13.0 Å². The molecule has 100 valence electrons. The Bertz CT molecular complexity index is 382. The van der Waals surface area contributed by atoms with Gasteiger partial charge >= 0.3 is 6.61 Å². The molecule has 0 aliphatic heterocycles. The van der Waals surface area contributed by atoms with Crippen molar-refractivity contribution >= 4 is 5.91 Å². The summed E-state index contributed by atoms with van der Waals surface area (Å²) < 4.78 is 28.1. The van der Waals surface area contributed by atoms with E-state index in [1.54, 1.807) is 19.2 Å². The van der Waals surface area contributed by atoms with E-state index < -0.39 is 6.61 Å². The van der Waals surface area contributed by atoms with Crippen molar-refractivity contribution in [3.8, 4) is 5.75 Å². The first kappa shape index (κ1) is 14.4. The van der Waals surface area contributed by atoms with Crippen molar-refractivity contribution in [1.82, 2.24) is 5.32 Å². The molecule has 0 saturated heterocycles. The number of hydrogen-bond acceptors (Lipinski definition) is 3. The number of rotatable bonds is 6. The van der Waals surface area contributed by atoms with E-state index in [9.17, 15) is 13.6 Å². The molecule has 18 heavy (non-hydrogen) atoms. The van der Waals surface area contributed by atoms with Gasteiger partial charge in [-0.1, -0.05) is 12.1 Å². The van der Waals surface area contributed by atoms with Gasteiger partial charge in [0.2, 0.25) is 5.91 Å². The number of benzene rings is 1. The SMILES string of the molecule is CNC(=O)C(CN)Cc1ccc(OC(F)F)cc1. The summed E-state index contributed by atoms with van der Waals surface area (Å²) in [5.74, 6) is -0.361. The molecule has 0 radical (unpaired) electrons. The average molecular weight is 258 g/mol. The Morgan fingerprint density at radius 2 is 2.00 bits per heavy atom. The maximum atomic E-state index is 11.9. The molecule has 0 saturated carbocycles. The van der Waals surface area contributed by atoms with Gasteiger partial charge in [0.25, 0.3) is 0 Å². The zero-order chi connectivity index (χ0) is 13.5. The number of hydrogen-bond donors (Lipinski definition) is 2. The van der Waals surface area contributed by atoms with Crippen LogP contribution in [0.5, 0.6) is 5.75 Å². The molecule has 0 aliphatic rings. The van der Waals surface area contributed by atoms with Crippen molar-refractivity contribution < 1.29 is 18.3 Å². The van der Waals surface area contributed by atoms with Gasteiger partial charge in [0.1, 0.15) is 5.75 Å². The third-order valence-electron chi connectivity index (χ3n) is 2.53. The van der Waals surface area contributed by atoms with Crippen LogP contribution in [0.4, 0.5) is 8.78 Å². The second-order valence-corrected chi connectivity index (χ2v) is 3.77. The normalized spacial score (nSPS) is 12.3. The van der Waals surface area contributed by atoms with Gasteiger partial charge in [-0.15, -0.1) is 0 Å². The summed E-state index contributed by atoms with van der Waals surface area (Å²) >= 11 is 0. The van der Waals surface area contributed by atoms with Crippen molar-refractivity contribution in [3.63, 3.8) is 0 Å². The van der Waals surface area contributed by atoms with Crippen LogP contribution >= 0.6 is 0 Å². The lowest BCUT2D eigenvalue weighted by molar-refractivity contribution is -0.124. The lowest BCUT2D eigenvalue weighted by Gasteiger charge is -2.13. The molecule has 0 fully saturated rings. The van der Waals surface area contributed by atoms with Gasteiger partial charge in [-0.3, -0.25) is 4.79 Å². The molecule has 1 aromatic rings. The quantitative estimate of drug-likeness (QED) is 0.804. The average Bonchev–Trinajstić information content (AvgIpc) is 2.36. The van der Waals surface area contributed by atoms with Gasteiger partial charge in [-0.25, -0.2) is 0 Å². The lowest BCUT2D eigenvalue weighted by Crippen LogP contribution is -2.34. The minimum Gasteiger partial charge on any atom is -0.435 e. The standard InChI is InChI=1S/C12H16F2N2O2/c1-16-11(17)9(7-15)6-8-2-4-10(5-3-8)18-12(13)14/h2-5,9,12H,6-7,15H2,1H3,(H,16,17). The maximum absolute atomic E-state index is 11.9. The zero-order valence-electron chi connectivity index (χ0n) is 10.0. The number of alkyl halides is 2. The second kappa shape index (κ2) is 6.90. The van der Waals surface area contributed by atoms with Gasteiger partial charge in [0.15, 0.2) is 0 Å². The molecule has 3 N–H and O–H groups in total. The highest BCUT2D eigenvalue weighted by atomic mass is 19.3. The van der Waals surface area contributed by atoms with Gasteiger partial charge in [0.05, 0.1) is 5.92 Å². The first-order valence-corrected chi connectivity index (χ1v) is 5.52. The van der Waals surface area contributed by atoms with Crippen LogP contribution in [0.15, 0.2) is 24.3 Å². The predicted molar refractivity (Wildman–Crippen MR) is 63.4 cm³/mol. The first-order valence-electron chi connectivity index (χ1n) is 5.52. The molecule has 0 aromatic heterocycles. The Kier molecular flexibility index (Phi) is 5.51. The Labute approximate surface area is 104 Å². The number of amides is 1. The van der Waals surface area contributed by atoms with E-state index in [-0.39, 0.29) is 24.1 Å². The molecule has 4 nitrogen and oxygen atoms in total. The molecule has 0 aliphatic carbocycles. The Hall–Kier alpha value is -1.69. The maximum Gasteiger partial charge on any atom is 0.387 e. The summed E-state index contributed by atoms with van der Waals surface area (Å²) in [6, 6.07) is 6.17. The number of halogens is 2. The Morgan fingerprint density at radius 1 is 1.39 bits per heavy atom. The zero-order valence-corrected chi connectivity index (χ0v) is 10.0. The van der Waals surface area contributed by atoms with E-state index in [2.05, 4.69) is 10.1 Å². The van der Waals surface area contributed by atoms with E-state index in [1.165, 1.54) is 12.1 Å². The molecule has 0 heterocycles. The molecule has 0 bridgehead atoms. The van der Waals surface area contributed by atoms with E-state index >= 15 is 0 Å². The smallest absolute Gasteiger partial charge is 0.387 e. The molecular formula is C12H16F2N2O2. The van der Waals surface area contributed by atoms with E-state index in [0.717, 1.165) is 5.56 Å². The van der Waals surface area contributed by atoms with Crippen LogP contribution in [0, 0.1) is 5.92 Å². The lowest BCUT2D eigenvalue weighted by atomic mass is 9.98. The summed E-state index contributed by atoms with van der Waals surface area (Å²) in [6.07, 6.45) is 0.463. The first-order chi connectivity index (χ1) is 8.56. The number of carbonyl (C=O) groups excluding carboxylic acids is 1. The fourth-order valence-electron chi connectivity index (χ4n) is 1.58.